The highest BCUT2D eigenvalue weighted by Crippen LogP contribution is 2.33. The molecule has 3 saturated heterocycles. The largest absolute Gasteiger partial charge is 0.394 e. The van der Waals surface area contributed by atoms with E-state index in [1.807, 2.05) is 6.08 Å². The van der Waals surface area contributed by atoms with Crippen LogP contribution >= 0.6 is 0 Å². The molecule has 3 rings (SSSR count). The van der Waals surface area contributed by atoms with Gasteiger partial charge in [0.15, 0.2) is 18.9 Å². The van der Waals surface area contributed by atoms with E-state index < -0.39 is 124 Å². The number of aliphatic hydroxyl groups excluding tert-OH is 11. The van der Waals surface area contributed by atoms with Gasteiger partial charge in [-0.1, -0.05) is 329 Å². The van der Waals surface area contributed by atoms with Crippen molar-refractivity contribution < 1.29 is 89.4 Å². The Kier molecular flexibility index (Phi) is 61.1. The van der Waals surface area contributed by atoms with E-state index in [2.05, 4.69) is 116 Å². The summed E-state index contributed by atoms with van der Waals surface area (Å²) in [5.41, 5.74) is 0. The van der Waals surface area contributed by atoms with Crippen LogP contribution in [0.1, 0.15) is 309 Å². The highest BCUT2D eigenvalue weighted by atomic mass is 16.8. The Balaban J connectivity index is 1.36. The minimum atomic E-state index is -1.98. The van der Waals surface area contributed by atoms with Crippen LogP contribution in [0.2, 0.25) is 0 Å². The summed E-state index contributed by atoms with van der Waals surface area (Å²) in [6.45, 7) is 1.65. The van der Waals surface area contributed by atoms with Crippen LogP contribution in [-0.2, 0) is 33.2 Å². The van der Waals surface area contributed by atoms with Gasteiger partial charge in [0, 0.05) is 6.42 Å². The molecule has 0 saturated carbocycles. The molecule has 0 spiro atoms. The summed E-state index contributed by atoms with van der Waals surface area (Å²) in [6.07, 6.45) is 66.4. The van der Waals surface area contributed by atoms with Crippen molar-refractivity contribution in [3.63, 3.8) is 0 Å². The minimum Gasteiger partial charge on any atom is -0.394 e. The molecule has 19 heteroatoms. The van der Waals surface area contributed by atoms with Crippen molar-refractivity contribution in [2.75, 3.05) is 26.4 Å². The standard InChI is InChI=1S/C88H153NO18/c1-3-5-7-9-11-13-15-17-19-21-23-25-27-29-31-32-33-34-35-36-37-38-40-42-44-46-48-50-52-54-56-58-60-62-64-66-76(94)89-71(72(93)65-63-61-59-57-55-53-51-49-47-45-43-41-39-30-28-26-24-22-20-18-16-14-12-10-8-6-4-2)70-102-86-82(100)79(97)84(74(68-91)104-86)107-88-83(101)80(98)85(75(69-92)105-88)106-87-81(99)78(96)77(95)73(67-90)103-87/h5,7,11,13,17,19,23,25,29,31,33-34,36-37,40,42,63,65,71-75,77-88,90-93,95-101H,3-4,6,8-10,12,14-16,18,20-22,24,26-28,30,32,35,38-39,41,43-62,64,66-70H2,1-2H3,(H,89,94)/b7-5-,13-11-,19-17-,25-23-,31-29-,34-33-,37-36-,42-40-,65-63+. The monoisotopic (exact) mass is 1510 g/mol. The van der Waals surface area contributed by atoms with Gasteiger partial charge in [-0.3, -0.25) is 4.79 Å². The van der Waals surface area contributed by atoms with E-state index in [1.54, 1.807) is 6.08 Å². The first-order valence-corrected chi connectivity index (χ1v) is 42.6. The quantitative estimate of drug-likeness (QED) is 0.0199. The number of ether oxygens (including phenoxy) is 6. The maximum atomic E-state index is 13.5. The molecule has 0 aromatic carbocycles. The lowest BCUT2D eigenvalue weighted by molar-refractivity contribution is -0.379. The van der Waals surface area contributed by atoms with Crippen molar-refractivity contribution in [2.24, 2.45) is 0 Å². The van der Waals surface area contributed by atoms with Gasteiger partial charge in [0.25, 0.3) is 0 Å². The molecule has 0 aromatic heterocycles. The zero-order valence-corrected chi connectivity index (χ0v) is 66.3. The second-order valence-corrected chi connectivity index (χ2v) is 29.9. The van der Waals surface area contributed by atoms with Crippen molar-refractivity contribution in [3.8, 4) is 0 Å². The number of allylic oxidation sites excluding steroid dienone is 17. The van der Waals surface area contributed by atoms with E-state index in [-0.39, 0.29) is 18.9 Å². The Morgan fingerprint density at radius 1 is 0.346 bits per heavy atom. The summed E-state index contributed by atoms with van der Waals surface area (Å²) in [5.74, 6) is -0.281. The van der Waals surface area contributed by atoms with Crippen molar-refractivity contribution in [1.82, 2.24) is 5.32 Å². The van der Waals surface area contributed by atoms with Crippen LogP contribution in [0.3, 0.4) is 0 Å². The number of hydrogen-bond donors (Lipinski definition) is 12. The summed E-state index contributed by atoms with van der Waals surface area (Å²) < 4.78 is 34.5. The van der Waals surface area contributed by atoms with E-state index >= 15 is 0 Å². The van der Waals surface area contributed by atoms with E-state index in [9.17, 15) is 61.0 Å². The fourth-order valence-electron chi connectivity index (χ4n) is 13.8. The number of unbranched alkanes of at least 4 members (excludes halogenated alkanes) is 35. The first kappa shape index (κ1) is 97.6. The molecule has 3 aliphatic rings. The second kappa shape index (κ2) is 67.0. The van der Waals surface area contributed by atoms with E-state index in [0.29, 0.717) is 6.42 Å². The number of amides is 1. The number of nitrogens with one attached hydrogen (secondary N) is 1. The summed E-state index contributed by atoms with van der Waals surface area (Å²) >= 11 is 0. The van der Waals surface area contributed by atoms with Crippen LogP contribution < -0.4 is 5.32 Å². The molecule has 19 nitrogen and oxygen atoms in total. The van der Waals surface area contributed by atoms with Gasteiger partial charge >= 0.3 is 0 Å². The lowest BCUT2D eigenvalue weighted by atomic mass is 9.96. The predicted octanol–water partition coefficient (Wildman–Crippen LogP) is 15.3. The third-order valence-electron chi connectivity index (χ3n) is 20.6. The summed E-state index contributed by atoms with van der Waals surface area (Å²) in [5, 5.41) is 121. The van der Waals surface area contributed by atoms with Gasteiger partial charge < -0.3 is 89.9 Å². The van der Waals surface area contributed by atoms with Gasteiger partial charge in [0.05, 0.1) is 38.6 Å². The molecule has 0 aromatic rings. The number of hydrogen-bond acceptors (Lipinski definition) is 18. The average molecular weight is 1510 g/mol. The number of rotatable bonds is 67. The topological polar surface area (TPSA) is 307 Å². The fraction of sp³-hybridized carbons (Fsp3) is 0.784. The van der Waals surface area contributed by atoms with Gasteiger partial charge in [-0.05, 0) is 83.5 Å². The molecule has 0 aliphatic carbocycles. The minimum absolute atomic E-state index is 0.232. The van der Waals surface area contributed by atoms with Crippen molar-refractivity contribution >= 4 is 5.91 Å². The molecule has 1 amide bonds. The number of carbonyl (C=O) groups excluding carboxylic acids is 1. The van der Waals surface area contributed by atoms with Crippen molar-refractivity contribution in [1.29, 1.82) is 0 Å². The molecule has 0 bridgehead atoms. The van der Waals surface area contributed by atoms with Gasteiger partial charge in [0.2, 0.25) is 5.91 Å². The molecule has 3 heterocycles. The zero-order valence-electron chi connectivity index (χ0n) is 66.3. The van der Waals surface area contributed by atoms with E-state index in [1.165, 1.54) is 173 Å². The van der Waals surface area contributed by atoms with Crippen LogP contribution in [0.25, 0.3) is 0 Å². The van der Waals surface area contributed by atoms with Crippen LogP contribution in [0.5, 0.6) is 0 Å². The molecule has 107 heavy (non-hydrogen) atoms. The average Bonchev–Trinajstić information content (AvgIpc) is 0.781. The second-order valence-electron chi connectivity index (χ2n) is 29.9. The van der Waals surface area contributed by atoms with E-state index in [4.69, 9.17) is 28.4 Å². The van der Waals surface area contributed by atoms with Crippen LogP contribution in [0.4, 0.5) is 0 Å². The summed E-state index contributed by atoms with van der Waals surface area (Å²) in [4.78, 5) is 13.5. The number of aliphatic hydroxyl groups is 11. The first-order valence-electron chi connectivity index (χ1n) is 42.6. The molecule has 618 valence electrons. The Morgan fingerprint density at radius 3 is 1.01 bits per heavy atom. The van der Waals surface area contributed by atoms with Crippen LogP contribution in [0, 0.1) is 0 Å². The Hall–Kier alpha value is -3.55. The molecule has 12 N–H and O–H groups in total. The van der Waals surface area contributed by atoms with Crippen molar-refractivity contribution in [3.05, 3.63) is 109 Å². The lowest BCUT2D eigenvalue weighted by Crippen LogP contribution is -2.66. The third-order valence-corrected chi connectivity index (χ3v) is 20.6. The van der Waals surface area contributed by atoms with Crippen LogP contribution in [-0.4, -0.2) is 193 Å². The Bertz CT molecular complexity index is 2360. The molecule has 17 unspecified atom stereocenters. The summed E-state index contributed by atoms with van der Waals surface area (Å²) in [6, 6.07) is -0.985. The number of carbonyl (C=O) groups is 1. The molecule has 3 aliphatic heterocycles. The van der Waals surface area contributed by atoms with Crippen molar-refractivity contribution in [2.45, 2.75) is 413 Å². The molecular weight excluding hydrogens is 1360 g/mol. The molecular formula is C88H153NO18. The maximum absolute atomic E-state index is 13.5. The van der Waals surface area contributed by atoms with Crippen LogP contribution in [0.15, 0.2) is 109 Å². The third kappa shape index (κ3) is 46.3. The maximum Gasteiger partial charge on any atom is 0.220 e. The van der Waals surface area contributed by atoms with Gasteiger partial charge in [-0.2, -0.15) is 0 Å². The first-order chi connectivity index (χ1) is 52.3. The zero-order chi connectivity index (χ0) is 77.4. The molecule has 0 radical (unpaired) electrons. The smallest absolute Gasteiger partial charge is 0.220 e. The lowest BCUT2D eigenvalue weighted by Gasteiger charge is -2.48. The molecule has 3 fully saturated rings. The Morgan fingerprint density at radius 2 is 0.645 bits per heavy atom. The van der Waals surface area contributed by atoms with Gasteiger partial charge in [-0.25, -0.2) is 0 Å². The SMILES string of the molecule is CC/C=C\C/C=C\C/C=C\C/C=C\C/C=C\C/C=C\C/C=C\C/C=C\CCCCCCCCCCCCC(=O)NC(COC1OC(CO)C(OC2OC(CO)C(OC3OC(CO)C(O)C(O)C3O)C(O)C2O)C(O)C1O)C(O)/C=C/CCCCCCCCCCCCCCCCCCCCCCCCCCC. The van der Waals surface area contributed by atoms with E-state index in [0.717, 1.165) is 109 Å². The normalized spacial score (nSPS) is 26.1. The molecule has 17 atom stereocenters. The summed E-state index contributed by atoms with van der Waals surface area (Å²) in [7, 11) is 0. The van der Waals surface area contributed by atoms with Gasteiger partial charge in [-0.15, -0.1) is 0 Å². The Labute approximate surface area is 646 Å². The fourth-order valence-corrected chi connectivity index (χ4v) is 13.8. The highest BCUT2D eigenvalue weighted by Gasteiger charge is 2.54. The highest BCUT2D eigenvalue weighted by molar-refractivity contribution is 5.76. The predicted molar refractivity (Wildman–Crippen MR) is 429 cm³/mol. The van der Waals surface area contributed by atoms with Gasteiger partial charge in [0.1, 0.15) is 73.2 Å².